The highest BCUT2D eigenvalue weighted by Crippen LogP contribution is 2.41. The van der Waals surface area contributed by atoms with Gasteiger partial charge in [0, 0.05) is 61.2 Å². The molecule has 0 saturated heterocycles. The number of aromatic nitrogens is 6. The molecular formula is C48H30N6. The van der Waals surface area contributed by atoms with Gasteiger partial charge in [-0.15, -0.1) is 0 Å². The lowest BCUT2D eigenvalue weighted by molar-refractivity contribution is 1.07. The van der Waals surface area contributed by atoms with Gasteiger partial charge in [-0.2, -0.15) is 0 Å². The predicted octanol–water partition coefficient (Wildman–Crippen LogP) is 11.6. The van der Waals surface area contributed by atoms with Crippen molar-refractivity contribution in [2.75, 3.05) is 0 Å². The molecule has 0 spiro atoms. The van der Waals surface area contributed by atoms with E-state index in [4.69, 9.17) is 19.9 Å². The maximum Gasteiger partial charge on any atom is 0.166 e. The lowest BCUT2D eigenvalue weighted by atomic mass is 10.1. The predicted molar refractivity (Wildman–Crippen MR) is 220 cm³/mol. The van der Waals surface area contributed by atoms with Gasteiger partial charge >= 0.3 is 0 Å². The van der Waals surface area contributed by atoms with Crippen LogP contribution >= 0.6 is 0 Å². The maximum atomic E-state index is 5.42. The smallest absolute Gasteiger partial charge is 0.166 e. The Kier molecular flexibility index (Phi) is 6.75. The Morgan fingerprint density at radius 1 is 0.333 bits per heavy atom. The normalized spacial score (nSPS) is 11.7. The summed E-state index contributed by atoms with van der Waals surface area (Å²) in [5, 5.41) is 5.63. The van der Waals surface area contributed by atoms with Crippen molar-refractivity contribution in [1.82, 2.24) is 29.1 Å². The lowest BCUT2D eigenvalue weighted by Crippen LogP contribution is -2.04. The number of hydrogen-bond donors (Lipinski definition) is 0. The van der Waals surface area contributed by atoms with Gasteiger partial charge in [0.1, 0.15) is 0 Å². The first-order valence-corrected chi connectivity index (χ1v) is 18.1. The van der Waals surface area contributed by atoms with Crippen LogP contribution in [0.3, 0.4) is 0 Å². The fraction of sp³-hybridized carbons (Fsp3) is 0. The molecule has 6 nitrogen and oxygen atoms in total. The van der Waals surface area contributed by atoms with Gasteiger partial charge in [0.2, 0.25) is 0 Å². The van der Waals surface area contributed by atoms with Gasteiger partial charge in [-0.05, 0) is 60.7 Å². The van der Waals surface area contributed by atoms with Crippen LogP contribution in [0.2, 0.25) is 0 Å². The minimum absolute atomic E-state index is 0.568. The molecule has 252 valence electrons. The second-order valence-corrected chi connectivity index (χ2v) is 13.5. The molecule has 0 N–H and O–H groups in total. The van der Waals surface area contributed by atoms with Crippen molar-refractivity contribution in [1.29, 1.82) is 0 Å². The topological polar surface area (TPSA) is 61.4 Å². The first-order chi connectivity index (χ1) is 26.8. The van der Waals surface area contributed by atoms with E-state index in [0.29, 0.717) is 17.5 Å². The highest BCUT2D eigenvalue weighted by Gasteiger charge is 2.23. The fourth-order valence-corrected chi connectivity index (χ4v) is 8.11. The number of benzene rings is 7. The summed E-state index contributed by atoms with van der Waals surface area (Å²) in [6, 6.07) is 61.2. The molecular weight excluding hydrogens is 661 g/mol. The van der Waals surface area contributed by atoms with Crippen molar-refractivity contribution in [2.24, 2.45) is 0 Å². The zero-order chi connectivity index (χ0) is 35.6. The Hall–Kier alpha value is -7.44. The number of fused-ring (bicyclic) bond motifs is 7. The minimum Gasteiger partial charge on any atom is -0.309 e. The van der Waals surface area contributed by atoms with E-state index in [-0.39, 0.29) is 0 Å². The summed E-state index contributed by atoms with van der Waals surface area (Å²) in [5.41, 5.74) is 10.00. The van der Waals surface area contributed by atoms with Crippen LogP contribution in [0.15, 0.2) is 182 Å². The molecule has 4 aromatic heterocycles. The molecule has 0 bridgehead atoms. The number of nitrogens with zero attached hydrogens (tertiary/aromatic N) is 6. The van der Waals surface area contributed by atoms with Crippen LogP contribution in [-0.2, 0) is 0 Å². The third-order valence-corrected chi connectivity index (χ3v) is 10.4. The molecule has 0 aliphatic heterocycles. The Balaban J connectivity index is 1.27. The Bertz CT molecular complexity index is 3040. The molecule has 11 rings (SSSR count). The van der Waals surface area contributed by atoms with Crippen molar-refractivity contribution in [3.05, 3.63) is 182 Å². The SMILES string of the molecule is c1ccc(-n2c3ccccc3c3cccc(-c4nc(-c5cccc6cccnc56)nc(-c5cccc6c7ccccc7n(-c7ccccc7)c56)n4)c32)cc1. The van der Waals surface area contributed by atoms with E-state index < -0.39 is 0 Å². The van der Waals surface area contributed by atoms with Crippen LogP contribution in [0, 0.1) is 0 Å². The van der Waals surface area contributed by atoms with Gasteiger partial charge in [0.25, 0.3) is 0 Å². The minimum atomic E-state index is 0.568. The van der Waals surface area contributed by atoms with E-state index in [0.717, 1.165) is 71.8 Å². The molecule has 0 unspecified atom stereocenters. The summed E-state index contributed by atoms with van der Waals surface area (Å²) in [4.78, 5) is 20.9. The number of pyridine rings is 1. The summed E-state index contributed by atoms with van der Waals surface area (Å²) in [5.74, 6) is 1.75. The van der Waals surface area contributed by atoms with Gasteiger partial charge < -0.3 is 9.13 Å². The molecule has 0 aliphatic rings. The summed E-state index contributed by atoms with van der Waals surface area (Å²) in [7, 11) is 0. The largest absolute Gasteiger partial charge is 0.309 e. The summed E-state index contributed by atoms with van der Waals surface area (Å²) in [6.45, 7) is 0. The summed E-state index contributed by atoms with van der Waals surface area (Å²) < 4.78 is 4.66. The molecule has 0 aliphatic carbocycles. The van der Waals surface area contributed by atoms with Crippen LogP contribution in [-0.4, -0.2) is 29.1 Å². The van der Waals surface area contributed by atoms with E-state index in [1.165, 1.54) is 10.8 Å². The fourth-order valence-electron chi connectivity index (χ4n) is 8.11. The third kappa shape index (κ3) is 4.60. The highest BCUT2D eigenvalue weighted by molar-refractivity contribution is 6.15. The molecule has 0 fully saturated rings. The molecule has 11 aromatic rings. The maximum absolute atomic E-state index is 5.42. The molecule has 0 atom stereocenters. The average Bonchev–Trinajstić information content (AvgIpc) is 3.77. The van der Waals surface area contributed by atoms with E-state index in [1.54, 1.807) is 0 Å². The van der Waals surface area contributed by atoms with Crippen molar-refractivity contribution < 1.29 is 0 Å². The van der Waals surface area contributed by atoms with Gasteiger partial charge in [-0.25, -0.2) is 15.0 Å². The summed E-state index contributed by atoms with van der Waals surface area (Å²) >= 11 is 0. The molecule has 0 saturated carbocycles. The van der Waals surface area contributed by atoms with E-state index >= 15 is 0 Å². The Morgan fingerprint density at radius 3 is 1.31 bits per heavy atom. The zero-order valence-electron chi connectivity index (χ0n) is 29.0. The van der Waals surface area contributed by atoms with Gasteiger partial charge in [-0.1, -0.05) is 115 Å². The van der Waals surface area contributed by atoms with Crippen molar-refractivity contribution in [3.63, 3.8) is 0 Å². The zero-order valence-corrected chi connectivity index (χ0v) is 29.0. The second-order valence-electron chi connectivity index (χ2n) is 13.5. The average molecular weight is 691 g/mol. The Morgan fingerprint density at radius 2 is 0.759 bits per heavy atom. The van der Waals surface area contributed by atoms with E-state index in [9.17, 15) is 0 Å². The number of para-hydroxylation sites is 7. The Labute approximate surface area is 310 Å². The number of hydrogen-bond acceptors (Lipinski definition) is 4. The first kappa shape index (κ1) is 30.2. The number of rotatable bonds is 5. The van der Waals surface area contributed by atoms with Crippen molar-refractivity contribution >= 4 is 54.5 Å². The monoisotopic (exact) mass is 690 g/mol. The van der Waals surface area contributed by atoms with Crippen molar-refractivity contribution in [3.8, 4) is 45.5 Å². The van der Waals surface area contributed by atoms with Crippen LogP contribution in [0.4, 0.5) is 0 Å². The molecule has 4 heterocycles. The quantitative estimate of drug-likeness (QED) is 0.180. The molecule has 7 aromatic carbocycles. The van der Waals surface area contributed by atoms with Crippen LogP contribution in [0.5, 0.6) is 0 Å². The van der Waals surface area contributed by atoms with Gasteiger partial charge in [0.05, 0.1) is 27.6 Å². The van der Waals surface area contributed by atoms with Gasteiger partial charge in [-0.3, -0.25) is 4.98 Å². The van der Waals surface area contributed by atoms with Crippen LogP contribution in [0.25, 0.3) is 100 Å². The second kappa shape index (κ2) is 12.1. The first-order valence-electron chi connectivity index (χ1n) is 18.1. The van der Waals surface area contributed by atoms with Crippen LogP contribution < -0.4 is 0 Å². The summed E-state index contributed by atoms with van der Waals surface area (Å²) in [6.07, 6.45) is 1.83. The molecule has 0 amide bonds. The van der Waals surface area contributed by atoms with Crippen LogP contribution in [0.1, 0.15) is 0 Å². The lowest BCUT2D eigenvalue weighted by Gasteiger charge is -2.14. The van der Waals surface area contributed by atoms with Crippen molar-refractivity contribution in [2.45, 2.75) is 0 Å². The highest BCUT2D eigenvalue weighted by atomic mass is 15.1. The molecule has 0 radical (unpaired) electrons. The molecule has 6 heteroatoms. The van der Waals surface area contributed by atoms with E-state index in [1.807, 2.05) is 18.3 Å². The van der Waals surface area contributed by atoms with Gasteiger partial charge in [0.15, 0.2) is 17.5 Å². The van der Waals surface area contributed by atoms with E-state index in [2.05, 4.69) is 173 Å². The third-order valence-electron chi connectivity index (χ3n) is 10.4. The molecule has 54 heavy (non-hydrogen) atoms. The standard InChI is InChI=1S/C48H30N6/c1-3-17-32(18-4-1)53-41-28-9-7-21-34(41)36-23-12-26-39(44(36)53)47-50-46(38-25-11-15-31-16-14-30-49-43(31)38)51-48(52-47)40-27-13-24-37-35-22-8-10-29-42(35)54(45(37)40)33-19-5-2-6-20-33/h1-30H.